The van der Waals surface area contributed by atoms with Crippen LogP contribution >= 0.6 is 0 Å². The first-order valence-electron chi connectivity index (χ1n) is 4.36. The average Bonchev–Trinajstić information content (AvgIpc) is 1.86. The van der Waals surface area contributed by atoms with Gasteiger partial charge in [0, 0.05) is 12.6 Å². The van der Waals surface area contributed by atoms with Crippen LogP contribution in [0.4, 0.5) is 0 Å². The van der Waals surface area contributed by atoms with Crippen LogP contribution in [0.3, 0.4) is 0 Å². The lowest BCUT2D eigenvalue weighted by Gasteiger charge is -2.41. The molecule has 1 saturated heterocycles. The number of likely N-dealkylation sites (tertiary alicyclic amines) is 1. The molecule has 1 aliphatic heterocycles. The quantitative estimate of drug-likeness (QED) is 0.616. The fraction of sp³-hybridized carbons (Fsp3) is 1.00. The van der Waals surface area contributed by atoms with Crippen molar-refractivity contribution in [3.8, 4) is 0 Å². The molecule has 1 rings (SSSR count). The Balaban J connectivity index is 2.48. The number of piperidine rings is 1. The number of nitrogens with zero attached hydrogens (tertiary/aromatic N) is 1. The molecule has 1 fully saturated rings. The monoisotopic (exact) mass is 157 g/mol. The summed E-state index contributed by atoms with van der Waals surface area (Å²) in [7, 11) is 2.10. The Kier molecular flexibility index (Phi) is 2.55. The molecule has 0 aromatic heterocycles. The molecule has 1 aliphatic rings. The minimum atomic E-state index is 0.312. The second kappa shape index (κ2) is 3.11. The third-order valence-corrected chi connectivity index (χ3v) is 2.67. The predicted octanol–water partition coefficient (Wildman–Crippen LogP) is 1.10. The van der Waals surface area contributed by atoms with E-state index in [-0.39, 0.29) is 0 Å². The van der Waals surface area contributed by atoms with E-state index in [4.69, 9.17) is 5.11 Å². The molecule has 2 nitrogen and oxygen atoms in total. The molecule has 1 atom stereocenters. The molecule has 11 heavy (non-hydrogen) atoms. The maximum atomic E-state index is 8.99. The van der Waals surface area contributed by atoms with Crippen LogP contribution in [-0.4, -0.2) is 36.2 Å². The standard InChI is InChI=1S/C9H19NO/c1-9(2)5-4-8(6-11)10(3)7-9/h8,11H,4-7H2,1-3H3. The van der Waals surface area contributed by atoms with Gasteiger partial charge in [0.1, 0.15) is 0 Å². The molecule has 0 aromatic carbocycles. The molecule has 0 aromatic rings. The summed E-state index contributed by atoms with van der Waals surface area (Å²) in [5.74, 6) is 0. The van der Waals surface area contributed by atoms with Gasteiger partial charge >= 0.3 is 0 Å². The first-order chi connectivity index (χ1) is 5.05. The highest BCUT2D eigenvalue weighted by molar-refractivity contribution is 4.83. The van der Waals surface area contributed by atoms with Gasteiger partial charge in [-0.2, -0.15) is 0 Å². The normalized spacial score (nSPS) is 32.2. The van der Waals surface area contributed by atoms with Crippen LogP contribution in [0.5, 0.6) is 0 Å². The van der Waals surface area contributed by atoms with Crippen molar-refractivity contribution in [2.24, 2.45) is 5.41 Å². The van der Waals surface area contributed by atoms with E-state index in [9.17, 15) is 0 Å². The van der Waals surface area contributed by atoms with Gasteiger partial charge in [0.05, 0.1) is 6.61 Å². The molecular formula is C9H19NO. The van der Waals surface area contributed by atoms with Crippen molar-refractivity contribution >= 4 is 0 Å². The molecule has 0 aliphatic carbocycles. The third kappa shape index (κ3) is 2.17. The van der Waals surface area contributed by atoms with Gasteiger partial charge in [0.25, 0.3) is 0 Å². The van der Waals surface area contributed by atoms with Crippen LogP contribution in [0.2, 0.25) is 0 Å². The van der Waals surface area contributed by atoms with Gasteiger partial charge in [-0.1, -0.05) is 13.8 Å². The fourth-order valence-corrected chi connectivity index (χ4v) is 1.89. The van der Waals surface area contributed by atoms with Crippen molar-refractivity contribution in [2.75, 3.05) is 20.2 Å². The van der Waals surface area contributed by atoms with E-state index in [2.05, 4.69) is 25.8 Å². The Labute approximate surface area is 69.2 Å². The van der Waals surface area contributed by atoms with E-state index in [0.29, 0.717) is 18.1 Å². The zero-order chi connectivity index (χ0) is 8.48. The SMILES string of the molecule is CN1CC(C)(C)CCC1CO. The summed E-state index contributed by atoms with van der Waals surface area (Å²) in [6.07, 6.45) is 2.38. The van der Waals surface area contributed by atoms with Crippen LogP contribution in [-0.2, 0) is 0 Å². The number of rotatable bonds is 1. The summed E-state index contributed by atoms with van der Waals surface area (Å²) < 4.78 is 0. The summed E-state index contributed by atoms with van der Waals surface area (Å²) in [6.45, 7) is 6.00. The highest BCUT2D eigenvalue weighted by atomic mass is 16.3. The summed E-state index contributed by atoms with van der Waals surface area (Å²) in [4.78, 5) is 2.27. The Morgan fingerprint density at radius 1 is 1.55 bits per heavy atom. The van der Waals surface area contributed by atoms with Crippen LogP contribution in [0.15, 0.2) is 0 Å². The topological polar surface area (TPSA) is 23.5 Å². The average molecular weight is 157 g/mol. The van der Waals surface area contributed by atoms with E-state index < -0.39 is 0 Å². The lowest BCUT2D eigenvalue weighted by molar-refractivity contribution is 0.0518. The molecule has 2 heteroatoms. The highest BCUT2D eigenvalue weighted by Gasteiger charge is 2.29. The molecule has 1 heterocycles. The minimum absolute atomic E-state index is 0.312. The third-order valence-electron chi connectivity index (χ3n) is 2.67. The maximum Gasteiger partial charge on any atom is 0.0586 e. The fourth-order valence-electron chi connectivity index (χ4n) is 1.89. The van der Waals surface area contributed by atoms with E-state index >= 15 is 0 Å². The van der Waals surface area contributed by atoms with Crippen molar-refractivity contribution < 1.29 is 5.11 Å². The Bertz CT molecular complexity index is 134. The van der Waals surface area contributed by atoms with Gasteiger partial charge in [-0.15, -0.1) is 0 Å². The molecule has 0 saturated carbocycles. The van der Waals surface area contributed by atoms with Crippen LogP contribution in [0.25, 0.3) is 0 Å². The lowest BCUT2D eigenvalue weighted by atomic mass is 9.82. The Hall–Kier alpha value is -0.0800. The summed E-state index contributed by atoms with van der Waals surface area (Å²) in [6, 6.07) is 0.406. The van der Waals surface area contributed by atoms with Crippen molar-refractivity contribution in [3.05, 3.63) is 0 Å². The molecule has 0 bridgehead atoms. The predicted molar refractivity (Wildman–Crippen MR) is 46.5 cm³/mol. The van der Waals surface area contributed by atoms with Crippen LogP contribution < -0.4 is 0 Å². The number of hydrogen-bond acceptors (Lipinski definition) is 2. The van der Waals surface area contributed by atoms with Gasteiger partial charge in [-0.3, -0.25) is 0 Å². The maximum absolute atomic E-state index is 8.99. The van der Waals surface area contributed by atoms with Crippen molar-refractivity contribution in [1.29, 1.82) is 0 Å². The van der Waals surface area contributed by atoms with Crippen LogP contribution in [0, 0.1) is 5.41 Å². The van der Waals surface area contributed by atoms with Crippen LogP contribution in [0.1, 0.15) is 26.7 Å². The van der Waals surface area contributed by atoms with Gasteiger partial charge in [-0.05, 0) is 25.3 Å². The molecule has 0 spiro atoms. The second-order valence-corrected chi connectivity index (χ2v) is 4.45. The van der Waals surface area contributed by atoms with Gasteiger partial charge in [0.2, 0.25) is 0 Å². The van der Waals surface area contributed by atoms with Crippen molar-refractivity contribution in [1.82, 2.24) is 4.90 Å². The van der Waals surface area contributed by atoms with Gasteiger partial charge in [-0.25, -0.2) is 0 Å². The molecule has 0 amide bonds. The number of aliphatic hydroxyl groups excluding tert-OH is 1. The van der Waals surface area contributed by atoms with Crippen molar-refractivity contribution in [3.63, 3.8) is 0 Å². The second-order valence-electron chi connectivity index (χ2n) is 4.45. The summed E-state index contributed by atoms with van der Waals surface area (Å²) >= 11 is 0. The first-order valence-corrected chi connectivity index (χ1v) is 4.36. The van der Waals surface area contributed by atoms with Crippen molar-refractivity contribution in [2.45, 2.75) is 32.7 Å². The smallest absolute Gasteiger partial charge is 0.0586 e. The van der Waals surface area contributed by atoms with E-state index in [1.165, 1.54) is 6.42 Å². The highest BCUT2D eigenvalue weighted by Crippen LogP contribution is 2.30. The molecule has 0 radical (unpaired) electrons. The molecule has 1 N–H and O–H groups in total. The zero-order valence-electron chi connectivity index (χ0n) is 7.80. The lowest BCUT2D eigenvalue weighted by Crippen LogP contribution is -2.45. The number of hydrogen-bond donors (Lipinski definition) is 1. The molecule has 1 unspecified atom stereocenters. The van der Waals surface area contributed by atoms with Gasteiger partial charge < -0.3 is 10.0 Å². The largest absolute Gasteiger partial charge is 0.395 e. The zero-order valence-corrected chi connectivity index (χ0v) is 7.80. The first kappa shape index (κ1) is 9.01. The summed E-state index contributed by atoms with van der Waals surface area (Å²) in [5, 5.41) is 8.99. The van der Waals surface area contributed by atoms with E-state index in [0.717, 1.165) is 13.0 Å². The number of aliphatic hydroxyl groups is 1. The Morgan fingerprint density at radius 2 is 2.18 bits per heavy atom. The molecule has 66 valence electrons. The summed E-state index contributed by atoms with van der Waals surface area (Å²) in [5.41, 5.74) is 0.445. The Morgan fingerprint density at radius 3 is 2.64 bits per heavy atom. The molecular weight excluding hydrogens is 138 g/mol. The van der Waals surface area contributed by atoms with E-state index in [1.54, 1.807) is 0 Å². The van der Waals surface area contributed by atoms with Gasteiger partial charge in [0.15, 0.2) is 0 Å². The number of likely N-dealkylation sites (N-methyl/N-ethyl adjacent to an activating group) is 1. The minimum Gasteiger partial charge on any atom is -0.395 e. The van der Waals surface area contributed by atoms with E-state index in [1.807, 2.05) is 0 Å².